The summed E-state index contributed by atoms with van der Waals surface area (Å²) in [5, 5.41) is 6.39. The molecule has 0 unspecified atom stereocenters. The minimum atomic E-state index is -3.66. The molecule has 7 nitrogen and oxygen atoms in total. The Bertz CT molecular complexity index is 827. The number of aryl methyl sites for hydroxylation is 3. The van der Waals surface area contributed by atoms with Crippen molar-refractivity contribution in [1.29, 1.82) is 0 Å². The van der Waals surface area contributed by atoms with Crippen molar-refractivity contribution in [3.63, 3.8) is 0 Å². The number of rotatable bonds is 5. The van der Waals surface area contributed by atoms with Gasteiger partial charge in [0.25, 0.3) is 0 Å². The molecular weight excluding hydrogens is 318 g/mol. The van der Waals surface area contributed by atoms with Crippen LogP contribution in [0.2, 0.25) is 0 Å². The van der Waals surface area contributed by atoms with Gasteiger partial charge in [-0.05, 0) is 38.0 Å². The fourth-order valence-electron chi connectivity index (χ4n) is 2.03. The van der Waals surface area contributed by atoms with Crippen LogP contribution in [0.4, 0.5) is 11.5 Å². The summed E-state index contributed by atoms with van der Waals surface area (Å²) < 4.78 is 29.6. The molecule has 0 aliphatic carbocycles. The molecule has 1 aromatic heterocycles. The highest BCUT2D eigenvalue weighted by Gasteiger charge is 2.24. The van der Waals surface area contributed by atoms with E-state index in [-0.39, 0.29) is 12.4 Å². The number of carbonyl (C=O) groups is 1. The van der Waals surface area contributed by atoms with Crippen LogP contribution in [0.5, 0.6) is 0 Å². The lowest BCUT2D eigenvalue weighted by Crippen LogP contribution is -2.37. The molecule has 1 aromatic carbocycles. The van der Waals surface area contributed by atoms with E-state index in [0.717, 1.165) is 21.7 Å². The van der Waals surface area contributed by atoms with Gasteiger partial charge >= 0.3 is 0 Å². The van der Waals surface area contributed by atoms with Crippen LogP contribution >= 0.6 is 0 Å². The molecule has 1 amide bonds. The van der Waals surface area contributed by atoms with Crippen LogP contribution in [0.3, 0.4) is 0 Å². The van der Waals surface area contributed by atoms with Gasteiger partial charge in [-0.25, -0.2) is 12.7 Å². The first-order valence-corrected chi connectivity index (χ1v) is 8.80. The van der Waals surface area contributed by atoms with Gasteiger partial charge in [0.05, 0.1) is 6.26 Å². The second-order valence-corrected chi connectivity index (χ2v) is 7.34. The van der Waals surface area contributed by atoms with E-state index in [1.807, 2.05) is 32.0 Å². The number of hydrogen-bond acceptors (Lipinski definition) is 5. The number of aromatic nitrogens is 1. The Morgan fingerprint density at radius 1 is 1.26 bits per heavy atom. The molecule has 0 saturated heterocycles. The number of sulfonamides is 1. The zero-order valence-corrected chi connectivity index (χ0v) is 14.3. The van der Waals surface area contributed by atoms with Crippen LogP contribution in [0.15, 0.2) is 28.8 Å². The van der Waals surface area contributed by atoms with Gasteiger partial charge in [0.1, 0.15) is 12.3 Å². The molecular formula is C15H19N3O4S. The third-order valence-corrected chi connectivity index (χ3v) is 4.34. The molecule has 0 radical (unpaired) electrons. The van der Waals surface area contributed by atoms with Gasteiger partial charge in [-0.2, -0.15) is 0 Å². The van der Waals surface area contributed by atoms with E-state index in [1.165, 1.54) is 6.07 Å². The maximum Gasteiger partial charge on any atom is 0.245 e. The second-order valence-electron chi connectivity index (χ2n) is 5.43. The quantitative estimate of drug-likeness (QED) is 0.901. The molecule has 0 fully saturated rings. The minimum absolute atomic E-state index is 0.0844. The Labute approximate surface area is 135 Å². The van der Waals surface area contributed by atoms with Crippen LogP contribution in [-0.4, -0.2) is 32.3 Å². The minimum Gasteiger partial charge on any atom is -0.360 e. The zero-order valence-electron chi connectivity index (χ0n) is 13.5. The average Bonchev–Trinajstić information content (AvgIpc) is 2.85. The van der Waals surface area contributed by atoms with E-state index in [0.29, 0.717) is 11.4 Å². The number of nitrogens with one attached hydrogen (secondary N) is 1. The predicted molar refractivity (Wildman–Crippen MR) is 88.0 cm³/mol. The highest BCUT2D eigenvalue weighted by atomic mass is 32.2. The Morgan fingerprint density at radius 2 is 1.96 bits per heavy atom. The highest BCUT2D eigenvalue weighted by molar-refractivity contribution is 7.92. The fourth-order valence-corrected chi connectivity index (χ4v) is 2.81. The normalized spacial score (nSPS) is 11.3. The molecule has 0 spiro atoms. The van der Waals surface area contributed by atoms with Crippen molar-refractivity contribution in [3.8, 4) is 0 Å². The van der Waals surface area contributed by atoms with Crippen LogP contribution in [0.1, 0.15) is 16.9 Å². The van der Waals surface area contributed by atoms with E-state index < -0.39 is 15.9 Å². The van der Waals surface area contributed by atoms with Crippen LogP contribution in [0, 0.1) is 20.8 Å². The number of carbonyl (C=O) groups excluding carboxylic acids is 1. The van der Waals surface area contributed by atoms with E-state index in [9.17, 15) is 13.2 Å². The van der Waals surface area contributed by atoms with Crippen molar-refractivity contribution in [3.05, 3.63) is 41.2 Å². The first-order chi connectivity index (χ1) is 10.7. The Hall–Kier alpha value is -2.35. The molecule has 2 aromatic rings. The van der Waals surface area contributed by atoms with Crippen LogP contribution in [-0.2, 0) is 14.8 Å². The first kappa shape index (κ1) is 17.0. The van der Waals surface area contributed by atoms with Crippen molar-refractivity contribution in [2.24, 2.45) is 0 Å². The van der Waals surface area contributed by atoms with E-state index in [4.69, 9.17) is 4.52 Å². The molecule has 23 heavy (non-hydrogen) atoms. The molecule has 0 bridgehead atoms. The first-order valence-electron chi connectivity index (χ1n) is 6.95. The van der Waals surface area contributed by atoms with E-state index in [2.05, 4.69) is 10.5 Å². The maximum absolute atomic E-state index is 12.2. The number of amides is 1. The standard InChI is InChI=1S/C15H19N3O4S/c1-10-5-6-11(2)13(7-10)16-15(19)9-18(23(4,20)21)14-8-12(3)22-17-14/h5-8H,9H2,1-4H3,(H,16,19). The Morgan fingerprint density at radius 3 is 2.52 bits per heavy atom. The van der Waals surface area contributed by atoms with Crippen molar-refractivity contribution in [1.82, 2.24) is 5.16 Å². The molecule has 0 atom stereocenters. The van der Waals surface area contributed by atoms with Crippen LogP contribution < -0.4 is 9.62 Å². The summed E-state index contributed by atoms with van der Waals surface area (Å²) in [6.07, 6.45) is 1.02. The zero-order chi connectivity index (χ0) is 17.2. The monoisotopic (exact) mass is 337 g/mol. The van der Waals surface area contributed by atoms with Crippen molar-refractivity contribution >= 4 is 27.4 Å². The lowest BCUT2D eigenvalue weighted by molar-refractivity contribution is -0.114. The topological polar surface area (TPSA) is 92.5 Å². The maximum atomic E-state index is 12.2. The Kier molecular flexibility index (Phi) is 4.74. The summed E-state index contributed by atoms with van der Waals surface area (Å²) in [6, 6.07) is 7.12. The number of anilines is 2. The summed E-state index contributed by atoms with van der Waals surface area (Å²) in [7, 11) is -3.66. The third kappa shape index (κ3) is 4.32. The summed E-state index contributed by atoms with van der Waals surface area (Å²) in [4.78, 5) is 12.2. The molecule has 8 heteroatoms. The largest absolute Gasteiger partial charge is 0.360 e. The molecule has 0 aliphatic heterocycles. The molecule has 2 rings (SSSR count). The van der Waals surface area contributed by atoms with Gasteiger partial charge in [-0.3, -0.25) is 4.79 Å². The lowest BCUT2D eigenvalue weighted by atomic mass is 10.1. The third-order valence-electron chi connectivity index (χ3n) is 3.23. The van der Waals surface area contributed by atoms with E-state index >= 15 is 0 Å². The van der Waals surface area contributed by atoms with Crippen molar-refractivity contribution in [2.75, 3.05) is 22.4 Å². The molecule has 1 heterocycles. The number of nitrogens with zero attached hydrogens (tertiary/aromatic N) is 2. The predicted octanol–water partition coefficient (Wildman–Crippen LogP) is 2.00. The Balaban J connectivity index is 2.20. The summed E-state index contributed by atoms with van der Waals surface area (Å²) in [5.41, 5.74) is 2.55. The van der Waals surface area contributed by atoms with Gasteiger partial charge in [-0.15, -0.1) is 0 Å². The van der Waals surface area contributed by atoms with Gasteiger partial charge in [0.2, 0.25) is 15.9 Å². The lowest BCUT2D eigenvalue weighted by Gasteiger charge is -2.19. The summed E-state index contributed by atoms with van der Waals surface area (Å²) in [6.45, 7) is 5.05. The summed E-state index contributed by atoms with van der Waals surface area (Å²) in [5.74, 6) is 0.0921. The van der Waals surface area contributed by atoms with Crippen molar-refractivity contribution in [2.45, 2.75) is 20.8 Å². The number of benzene rings is 1. The summed E-state index contributed by atoms with van der Waals surface area (Å²) >= 11 is 0. The smallest absolute Gasteiger partial charge is 0.245 e. The molecule has 1 N–H and O–H groups in total. The van der Waals surface area contributed by atoms with Gasteiger partial charge in [-0.1, -0.05) is 17.3 Å². The molecule has 0 saturated carbocycles. The van der Waals surface area contributed by atoms with Gasteiger partial charge < -0.3 is 9.84 Å². The average molecular weight is 337 g/mol. The second kappa shape index (κ2) is 6.41. The molecule has 0 aliphatic rings. The van der Waals surface area contributed by atoms with Crippen LogP contribution in [0.25, 0.3) is 0 Å². The molecule has 124 valence electrons. The van der Waals surface area contributed by atoms with Gasteiger partial charge in [0.15, 0.2) is 5.82 Å². The number of hydrogen-bond donors (Lipinski definition) is 1. The van der Waals surface area contributed by atoms with Crippen molar-refractivity contribution < 1.29 is 17.7 Å². The van der Waals surface area contributed by atoms with Gasteiger partial charge in [0, 0.05) is 11.8 Å². The highest BCUT2D eigenvalue weighted by Crippen LogP contribution is 2.19. The SMILES string of the molecule is Cc1ccc(C)c(NC(=O)CN(c2cc(C)on2)S(C)(=O)=O)c1. The van der Waals surface area contributed by atoms with E-state index in [1.54, 1.807) is 6.92 Å². The fraction of sp³-hybridized carbons (Fsp3) is 0.333.